The Hall–Kier alpha value is -1.95. The molecule has 168 valence electrons. The van der Waals surface area contributed by atoms with Crippen LogP contribution in [-0.2, 0) is 4.79 Å². The first kappa shape index (κ1) is 22.3. The van der Waals surface area contributed by atoms with Crippen molar-refractivity contribution in [2.45, 2.75) is 83.2 Å². The first-order valence-corrected chi connectivity index (χ1v) is 12.6. The van der Waals surface area contributed by atoms with Crippen LogP contribution in [0.25, 0.3) is 6.08 Å². The van der Waals surface area contributed by atoms with E-state index in [1.54, 1.807) is 18.9 Å². The van der Waals surface area contributed by atoms with Crippen LogP contribution in [0.5, 0.6) is 11.5 Å². The van der Waals surface area contributed by atoms with Gasteiger partial charge < -0.3 is 9.47 Å². The fraction of sp³-hybridized carbons (Fsp3) is 0.600. The monoisotopic (exact) mass is 442 g/mol. The zero-order chi connectivity index (χ0) is 21.6. The highest BCUT2D eigenvalue weighted by molar-refractivity contribution is 8.18. The van der Waals surface area contributed by atoms with Crippen LogP contribution >= 0.6 is 11.8 Å². The number of carbonyl (C=O) groups excluding carboxylic acids is 1. The molecule has 1 aliphatic heterocycles. The van der Waals surface area contributed by atoms with E-state index in [0.717, 1.165) is 47.1 Å². The number of benzene rings is 1. The standard InChI is InChI=1S/C25H34N2O3S/c1-3-30-21-15-14-18(16-22(21)29-2)17-23-24(28)27(20-12-8-5-9-13-20)25(31-23)26-19-10-6-4-7-11-19/h14-17,19-20H,3-13H2,1-2H3. The average Bonchev–Trinajstić information content (AvgIpc) is 3.10. The van der Waals surface area contributed by atoms with Crippen LogP contribution in [0.4, 0.5) is 0 Å². The summed E-state index contributed by atoms with van der Waals surface area (Å²) in [6, 6.07) is 6.48. The summed E-state index contributed by atoms with van der Waals surface area (Å²) < 4.78 is 11.1. The second kappa shape index (κ2) is 10.6. The van der Waals surface area contributed by atoms with Gasteiger partial charge in [0.15, 0.2) is 16.7 Å². The van der Waals surface area contributed by atoms with Crippen molar-refractivity contribution in [3.8, 4) is 11.5 Å². The molecule has 0 atom stereocenters. The summed E-state index contributed by atoms with van der Waals surface area (Å²) in [5.41, 5.74) is 0.943. The Labute approximate surface area is 190 Å². The molecule has 1 amide bonds. The summed E-state index contributed by atoms with van der Waals surface area (Å²) in [7, 11) is 1.64. The molecule has 5 nitrogen and oxygen atoms in total. The fourth-order valence-corrected chi connectivity index (χ4v) is 5.91. The van der Waals surface area contributed by atoms with Crippen molar-refractivity contribution in [1.29, 1.82) is 0 Å². The van der Waals surface area contributed by atoms with Gasteiger partial charge >= 0.3 is 0 Å². The highest BCUT2D eigenvalue weighted by Gasteiger charge is 2.39. The van der Waals surface area contributed by atoms with Crippen molar-refractivity contribution in [1.82, 2.24) is 4.90 Å². The van der Waals surface area contributed by atoms with E-state index in [4.69, 9.17) is 14.5 Å². The predicted octanol–water partition coefficient (Wildman–Crippen LogP) is 6.03. The third-order valence-electron chi connectivity index (χ3n) is 6.43. The smallest absolute Gasteiger partial charge is 0.266 e. The molecule has 1 saturated heterocycles. The summed E-state index contributed by atoms with van der Waals surface area (Å²) in [5.74, 6) is 1.52. The van der Waals surface area contributed by atoms with E-state index in [1.807, 2.05) is 36.1 Å². The average molecular weight is 443 g/mol. The summed E-state index contributed by atoms with van der Waals surface area (Å²) in [6.45, 7) is 2.54. The van der Waals surface area contributed by atoms with Crippen LogP contribution in [0.3, 0.4) is 0 Å². The lowest BCUT2D eigenvalue weighted by molar-refractivity contribution is -0.124. The Balaban J connectivity index is 1.62. The van der Waals surface area contributed by atoms with Gasteiger partial charge in [0.25, 0.3) is 5.91 Å². The van der Waals surface area contributed by atoms with Gasteiger partial charge in [0.05, 0.1) is 24.7 Å². The van der Waals surface area contributed by atoms with Gasteiger partial charge in [0, 0.05) is 6.04 Å². The van der Waals surface area contributed by atoms with Crippen molar-refractivity contribution < 1.29 is 14.3 Å². The molecule has 0 unspecified atom stereocenters. The number of thioether (sulfide) groups is 1. The maximum atomic E-state index is 13.5. The van der Waals surface area contributed by atoms with E-state index in [1.165, 1.54) is 38.5 Å². The molecule has 2 saturated carbocycles. The number of ether oxygens (including phenoxy) is 2. The second-order valence-electron chi connectivity index (χ2n) is 8.62. The minimum Gasteiger partial charge on any atom is -0.493 e. The highest BCUT2D eigenvalue weighted by atomic mass is 32.2. The fourth-order valence-electron chi connectivity index (χ4n) is 4.80. The van der Waals surface area contributed by atoms with Gasteiger partial charge in [-0.1, -0.05) is 44.6 Å². The Bertz CT molecular complexity index is 839. The number of aliphatic imine (C=N–C) groups is 1. The molecule has 4 rings (SSSR count). The third kappa shape index (κ3) is 5.28. The number of carbonyl (C=O) groups is 1. The quantitative estimate of drug-likeness (QED) is 0.505. The molecule has 6 heteroatoms. The van der Waals surface area contributed by atoms with Crippen LogP contribution in [0.15, 0.2) is 28.1 Å². The maximum absolute atomic E-state index is 13.5. The second-order valence-corrected chi connectivity index (χ2v) is 9.63. The van der Waals surface area contributed by atoms with Crippen LogP contribution in [0.2, 0.25) is 0 Å². The summed E-state index contributed by atoms with van der Waals surface area (Å²) in [6.07, 6.45) is 13.9. The zero-order valence-corrected chi connectivity index (χ0v) is 19.6. The van der Waals surface area contributed by atoms with Gasteiger partial charge in [0.2, 0.25) is 0 Å². The summed E-state index contributed by atoms with van der Waals surface area (Å²) in [4.78, 5) is 21.4. The lowest BCUT2D eigenvalue weighted by Gasteiger charge is -2.31. The molecule has 31 heavy (non-hydrogen) atoms. The van der Waals surface area contributed by atoms with E-state index in [-0.39, 0.29) is 11.9 Å². The molecular weight excluding hydrogens is 408 g/mol. The van der Waals surface area contributed by atoms with Gasteiger partial charge in [-0.15, -0.1) is 0 Å². The first-order chi connectivity index (χ1) is 15.2. The van der Waals surface area contributed by atoms with Crippen molar-refractivity contribution in [3.05, 3.63) is 28.7 Å². The van der Waals surface area contributed by atoms with Gasteiger partial charge in [-0.3, -0.25) is 14.7 Å². The maximum Gasteiger partial charge on any atom is 0.266 e. The van der Waals surface area contributed by atoms with Crippen LogP contribution in [0, 0.1) is 0 Å². The predicted molar refractivity (Wildman–Crippen MR) is 128 cm³/mol. The van der Waals surface area contributed by atoms with E-state index in [2.05, 4.69) is 0 Å². The summed E-state index contributed by atoms with van der Waals surface area (Å²) >= 11 is 1.55. The van der Waals surface area contributed by atoms with Crippen molar-refractivity contribution >= 4 is 28.9 Å². The van der Waals surface area contributed by atoms with Crippen molar-refractivity contribution in [2.75, 3.05) is 13.7 Å². The Kier molecular flexibility index (Phi) is 7.59. The third-order valence-corrected chi connectivity index (χ3v) is 7.43. The zero-order valence-electron chi connectivity index (χ0n) is 18.8. The van der Waals surface area contributed by atoms with Crippen molar-refractivity contribution in [3.63, 3.8) is 0 Å². The van der Waals surface area contributed by atoms with Crippen LogP contribution in [-0.4, -0.2) is 41.8 Å². The number of hydrogen-bond acceptors (Lipinski definition) is 5. The van der Waals surface area contributed by atoms with Crippen LogP contribution in [0.1, 0.15) is 76.7 Å². The number of hydrogen-bond donors (Lipinski definition) is 0. The molecule has 3 fully saturated rings. The number of amides is 1. The molecule has 0 N–H and O–H groups in total. The van der Waals surface area contributed by atoms with Gasteiger partial charge in [-0.2, -0.15) is 0 Å². The number of amidine groups is 1. The SMILES string of the molecule is CCOc1ccc(C=C2SC(=NC3CCCCC3)N(C3CCCCC3)C2=O)cc1OC. The molecule has 0 aromatic heterocycles. The molecule has 1 aromatic carbocycles. The minimum absolute atomic E-state index is 0.110. The largest absolute Gasteiger partial charge is 0.493 e. The molecule has 1 heterocycles. The molecule has 3 aliphatic rings. The molecule has 0 bridgehead atoms. The number of methoxy groups -OCH3 is 1. The van der Waals surface area contributed by atoms with E-state index < -0.39 is 0 Å². The normalized spacial score (nSPS) is 23.7. The highest BCUT2D eigenvalue weighted by Crippen LogP contribution is 2.39. The van der Waals surface area contributed by atoms with Gasteiger partial charge in [-0.25, -0.2) is 0 Å². The molecule has 0 spiro atoms. The van der Waals surface area contributed by atoms with Gasteiger partial charge in [0.1, 0.15) is 0 Å². The van der Waals surface area contributed by atoms with Gasteiger partial charge in [-0.05, 0) is 68.1 Å². The lowest BCUT2D eigenvalue weighted by Crippen LogP contribution is -2.41. The number of nitrogens with zero attached hydrogens (tertiary/aromatic N) is 2. The van der Waals surface area contributed by atoms with Crippen LogP contribution < -0.4 is 9.47 Å². The summed E-state index contributed by atoms with van der Waals surface area (Å²) in [5, 5.41) is 0.924. The van der Waals surface area contributed by atoms with E-state index in [9.17, 15) is 4.79 Å². The topological polar surface area (TPSA) is 51.1 Å². The Morgan fingerprint density at radius 2 is 1.77 bits per heavy atom. The number of rotatable bonds is 6. The molecule has 1 aromatic rings. The first-order valence-electron chi connectivity index (χ1n) is 11.8. The molecular formula is C25H34N2O3S. The minimum atomic E-state index is 0.110. The van der Waals surface area contributed by atoms with Crippen molar-refractivity contribution in [2.24, 2.45) is 4.99 Å². The Morgan fingerprint density at radius 1 is 1.06 bits per heavy atom. The molecule has 2 aliphatic carbocycles. The van der Waals surface area contributed by atoms with E-state index in [0.29, 0.717) is 18.4 Å². The lowest BCUT2D eigenvalue weighted by atomic mass is 9.94. The molecule has 0 radical (unpaired) electrons. The van der Waals surface area contributed by atoms with E-state index >= 15 is 0 Å². The Morgan fingerprint density at radius 3 is 2.45 bits per heavy atom.